The molecular weight excluding hydrogens is 220 g/mol. The second-order valence-corrected chi connectivity index (χ2v) is 5.90. The number of nitrogens with one attached hydrogen (secondary N) is 1. The Kier molecular flexibility index (Phi) is 3.11. The minimum Gasteiger partial charge on any atom is -0.377 e. The normalized spacial score (nSPS) is 27.1. The van der Waals surface area contributed by atoms with Gasteiger partial charge in [-0.25, -0.2) is 8.78 Å². The Morgan fingerprint density at radius 3 is 2.24 bits per heavy atom. The molecule has 1 aromatic rings. The zero-order valence-electron chi connectivity index (χ0n) is 10.6. The van der Waals surface area contributed by atoms with Crippen LogP contribution < -0.4 is 5.32 Å². The number of rotatable bonds is 2. The summed E-state index contributed by atoms with van der Waals surface area (Å²) in [4.78, 5) is 0. The van der Waals surface area contributed by atoms with Gasteiger partial charge < -0.3 is 5.32 Å². The first-order valence-corrected chi connectivity index (χ1v) is 6.09. The standard InChI is InChI=1S/C14H19F2N/c1-9-7-14(2,3)8-12(9)17-13-10(15)5-4-6-11(13)16/h4-6,9,12,17H,7-8H2,1-3H3. The number of halogens is 2. The van der Waals surface area contributed by atoms with Crippen LogP contribution in [0.1, 0.15) is 33.6 Å². The van der Waals surface area contributed by atoms with Gasteiger partial charge in [-0.2, -0.15) is 0 Å². The number of para-hydroxylation sites is 1. The van der Waals surface area contributed by atoms with E-state index in [4.69, 9.17) is 0 Å². The minimum absolute atomic E-state index is 0.0158. The average molecular weight is 239 g/mol. The molecule has 0 heterocycles. The molecule has 94 valence electrons. The van der Waals surface area contributed by atoms with Gasteiger partial charge in [-0.15, -0.1) is 0 Å². The van der Waals surface area contributed by atoms with Crippen LogP contribution >= 0.6 is 0 Å². The Morgan fingerprint density at radius 2 is 1.76 bits per heavy atom. The Morgan fingerprint density at radius 1 is 1.18 bits per heavy atom. The topological polar surface area (TPSA) is 12.0 Å². The van der Waals surface area contributed by atoms with E-state index in [0.29, 0.717) is 5.92 Å². The highest BCUT2D eigenvalue weighted by Gasteiger charge is 2.37. The lowest BCUT2D eigenvalue weighted by Crippen LogP contribution is -2.23. The average Bonchev–Trinajstić information content (AvgIpc) is 2.46. The number of anilines is 1. The maximum Gasteiger partial charge on any atom is 0.149 e. The highest BCUT2D eigenvalue weighted by Crippen LogP contribution is 2.42. The zero-order chi connectivity index (χ0) is 12.6. The van der Waals surface area contributed by atoms with Crippen LogP contribution in [0.5, 0.6) is 0 Å². The van der Waals surface area contributed by atoms with Gasteiger partial charge in [-0.05, 0) is 36.3 Å². The van der Waals surface area contributed by atoms with Crippen molar-refractivity contribution in [1.29, 1.82) is 0 Å². The monoisotopic (exact) mass is 239 g/mol. The maximum absolute atomic E-state index is 13.5. The van der Waals surface area contributed by atoms with Crippen molar-refractivity contribution in [3.05, 3.63) is 29.8 Å². The van der Waals surface area contributed by atoms with Crippen LogP contribution in [-0.4, -0.2) is 6.04 Å². The second-order valence-electron chi connectivity index (χ2n) is 5.90. The smallest absolute Gasteiger partial charge is 0.149 e. The molecule has 1 aliphatic rings. The van der Waals surface area contributed by atoms with Crippen molar-refractivity contribution < 1.29 is 8.78 Å². The third-order valence-electron chi connectivity index (χ3n) is 3.63. The number of benzene rings is 1. The Labute approximate surface area is 101 Å². The van der Waals surface area contributed by atoms with Crippen molar-refractivity contribution in [3.63, 3.8) is 0 Å². The van der Waals surface area contributed by atoms with E-state index in [1.165, 1.54) is 18.2 Å². The molecule has 1 fully saturated rings. The lowest BCUT2D eigenvalue weighted by molar-refractivity contribution is 0.366. The molecule has 1 nitrogen and oxygen atoms in total. The van der Waals surface area contributed by atoms with Crippen molar-refractivity contribution in [2.45, 2.75) is 39.7 Å². The van der Waals surface area contributed by atoms with E-state index in [1.54, 1.807) is 0 Å². The predicted molar refractivity (Wildman–Crippen MR) is 65.9 cm³/mol. The van der Waals surface area contributed by atoms with E-state index < -0.39 is 11.6 Å². The summed E-state index contributed by atoms with van der Waals surface area (Å²) >= 11 is 0. The lowest BCUT2D eigenvalue weighted by Gasteiger charge is -2.20. The van der Waals surface area contributed by atoms with E-state index in [9.17, 15) is 8.78 Å². The molecule has 1 aromatic carbocycles. The fourth-order valence-corrected chi connectivity index (χ4v) is 2.91. The molecule has 1 N–H and O–H groups in total. The molecule has 2 unspecified atom stereocenters. The van der Waals surface area contributed by atoms with E-state index in [0.717, 1.165) is 12.8 Å². The first-order chi connectivity index (χ1) is 7.89. The van der Waals surface area contributed by atoms with Crippen LogP contribution in [0.4, 0.5) is 14.5 Å². The molecule has 1 aliphatic carbocycles. The van der Waals surface area contributed by atoms with Crippen molar-refractivity contribution in [2.24, 2.45) is 11.3 Å². The summed E-state index contributed by atoms with van der Waals surface area (Å²) in [5, 5.41) is 3.03. The Bertz CT molecular complexity index is 394. The summed E-state index contributed by atoms with van der Waals surface area (Å²) in [6.45, 7) is 6.52. The van der Waals surface area contributed by atoms with E-state index in [2.05, 4.69) is 26.1 Å². The SMILES string of the molecule is CC1CC(C)(C)CC1Nc1c(F)cccc1F. The van der Waals surface area contributed by atoms with Crippen LogP contribution in [0, 0.1) is 23.0 Å². The van der Waals surface area contributed by atoms with Gasteiger partial charge in [-0.3, -0.25) is 0 Å². The minimum atomic E-state index is -0.512. The molecule has 2 rings (SSSR count). The summed E-state index contributed by atoms with van der Waals surface area (Å²) < 4.78 is 27.0. The summed E-state index contributed by atoms with van der Waals surface area (Å²) in [6.07, 6.45) is 2.03. The fourth-order valence-electron chi connectivity index (χ4n) is 2.91. The van der Waals surface area contributed by atoms with Gasteiger partial charge >= 0.3 is 0 Å². The fraction of sp³-hybridized carbons (Fsp3) is 0.571. The van der Waals surface area contributed by atoms with Crippen molar-refractivity contribution in [1.82, 2.24) is 0 Å². The third-order valence-corrected chi connectivity index (χ3v) is 3.63. The largest absolute Gasteiger partial charge is 0.377 e. The first-order valence-electron chi connectivity index (χ1n) is 6.09. The van der Waals surface area contributed by atoms with Gasteiger partial charge in [0, 0.05) is 6.04 Å². The van der Waals surface area contributed by atoms with Crippen molar-refractivity contribution in [2.75, 3.05) is 5.32 Å². The number of hydrogen-bond donors (Lipinski definition) is 1. The number of hydrogen-bond acceptors (Lipinski definition) is 1. The Hall–Kier alpha value is -1.12. The van der Waals surface area contributed by atoms with Crippen LogP contribution in [-0.2, 0) is 0 Å². The van der Waals surface area contributed by atoms with Crippen LogP contribution in [0.2, 0.25) is 0 Å². The van der Waals surface area contributed by atoms with Gasteiger partial charge in [0.2, 0.25) is 0 Å². The molecule has 0 spiro atoms. The molecule has 2 atom stereocenters. The molecular formula is C14H19F2N. The highest BCUT2D eigenvalue weighted by molar-refractivity contribution is 5.47. The molecule has 0 radical (unpaired) electrons. The second kappa shape index (κ2) is 4.28. The van der Waals surface area contributed by atoms with E-state index in [-0.39, 0.29) is 17.1 Å². The van der Waals surface area contributed by atoms with Crippen molar-refractivity contribution in [3.8, 4) is 0 Å². The summed E-state index contributed by atoms with van der Waals surface area (Å²) in [5.74, 6) is -0.590. The first kappa shape index (κ1) is 12.3. The van der Waals surface area contributed by atoms with Crippen LogP contribution in [0.25, 0.3) is 0 Å². The van der Waals surface area contributed by atoms with Gasteiger partial charge in [0.25, 0.3) is 0 Å². The summed E-state index contributed by atoms with van der Waals surface area (Å²) in [7, 11) is 0. The maximum atomic E-state index is 13.5. The Balaban J connectivity index is 2.17. The van der Waals surface area contributed by atoms with Crippen molar-refractivity contribution >= 4 is 5.69 Å². The predicted octanol–water partition coefficient (Wildman–Crippen LogP) is 4.20. The molecule has 0 saturated heterocycles. The zero-order valence-corrected chi connectivity index (χ0v) is 10.6. The summed E-state index contributed by atoms with van der Waals surface area (Å²) in [6, 6.07) is 4.11. The van der Waals surface area contributed by atoms with Gasteiger partial charge in [-0.1, -0.05) is 26.8 Å². The van der Waals surface area contributed by atoms with Crippen LogP contribution in [0.15, 0.2) is 18.2 Å². The van der Waals surface area contributed by atoms with E-state index in [1.807, 2.05) is 0 Å². The molecule has 0 bridgehead atoms. The molecule has 0 aliphatic heterocycles. The summed E-state index contributed by atoms with van der Waals surface area (Å²) in [5.41, 5.74) is 0.265. The third kappa shape index (κ3) is 2.59. The van der Waals surface area contributed by atoms with Gasteiger partial charge in [0.1, 0.15) is 17.3 Å². The highest BCUT2D eigenvalue weighted by atomic mass is 19.1. The van der Waals surface area contributed by atoms with E-state index >= 15 is 0 Å². The molecule has 17 heavy (non-hydrogen) atoms. The van der Waals surface area contributed by atoms with Crippen LogP contribution in [0.3, 0.4) is 0 Å². The quantitative estimate of drug-likeness (QED) is 0.815. The van der Waals surface area contributed by atoms with Gasteiger partial charge in [0.15, 0.2) is 0 Å². The lowest BCUT2D eigenvalue weighted by atomic mass is 9.91. The molecule has 1 saturated carbocycles. The molecule has 0 aromatic heterocycles. The molecule has 0 amide bonds. The van der Waals surface area contributed by atoms with Gasteiger partial charge in [0.05, 0.1) is 0 Å². The molecule has 3 heteroatoms.